The minimum Gasteiger partial charge on any atom is -0.496 e. The highest BCUT2D eigenvalue weighted by Gasteiger charge is 2.36. The van der Waals surface area contributed by atoms with Crippen LogP contribution in [-0.2, 0) is 10.9 Å². The average Bonchev–Trinajstić information content (AvgIpc) is 3.04. The second-order valence-electron chi connectivity index (χ2n) is 8.32. The van der Waals surface area contributed by atoms with Crippen LogP contribution in [0.4, 0.5) is 18.0 Å². The number of amides is 1. The van der Waals surface area contributed by atoms with Crippen molar-refractivity contribution in [3.63, 3.8) is 0 Å². The van der Waals surface area contributed by atoms with Crippen LogP contribution in [0.25, 0.3) is 0 Å². The van der Waals surface area contributed by atoms with Crippen LogP contribution in [0.1, 0.15) is 62.4 Å². The molecule has 0 aromatic heterocycles. The molecule has 0 radical (unpaired) electrons. The van der Waals surface area contributed by atoms with Crippen molar-refractivity contribution < 1.29 is 32.2 Å². The lowest BCUT2D eigenvalue weighted by Crippen LogP contribution is -2.41. The number of halogens is 3. The van der Waals surface area contributed by atoms with Crippen molar-refractivity contribution in [2.24, 2.45) is 5.92 Å². The van der Waals surface area contributed by atoms with E-state index in [1.165, 1.54) is 7.11 Å². The first-order valence-corrected chi connectivity index (χ1v) is 10.9. The Hall–Kier alpha value is -1.90. The number of Topliss-reactive ketones (excluding diaryl/α,β-unsaturated/α-hetero) is 1. The van der Waals surface area contributed by atoms with Gasteiger partial charge in [-0.3, -0.25) is 4.79 Å². The molecule has 5 nitrogen and oxygen atoms in total. The van der Waals surface area contributed by atoms with E-state index in [9.17, 15) is 22.8 Å². The van der Waals surface area contributed by atoms with Gasteiger partial charge in [0.05, 0.1) is 18.2 Å². The normalized spacial score (nSPS) is 19.5. The van der Waals surface area contributed by atoms with Crippen molar-refractivity contribution in [1.29, 1.82) is 0 Å². The van der Waals surface area contributed by atoms with Gasteiger partial charge < -0.3 is 14.8 Å². The molecule has 1 saturated carbocycles. The largest absolute Gasteiger partial charge is 0.496 e. The van der Waals surface area contributed by atoms with Crippen LogP contribution in [0.3, 0.4) is 0 Å². The number of alkyl halides is 3. The van der Waals surface area contributed by atoms with E-state index in [2.05, 4.69) is 5.32 Å². The highest BCUT2D eigenvalue weighted by molar-refractivity contribution is 7.98. The Morgan fingerprint density at radius 3 is 2.40 bits per heavy atom. The molecule has 0 saturated heterocycles. The van der Waals surface area contributed by atoms with Crippen molar-refractivity contribution >= 4 is 23.6 Å². The van der Waals surface area contributed by atoms with Gasteiger partial charge in [-0.25, -0.2) is 4.79 Å². The fraction of sp³-hybridized carbons (Fsp3) is 0.619. The number of alkyl carbamates (subject to hydrolysis) is 1. The van der Waals surface area contributed by atoms with Gasteiger partial charge in [-0.15, -0.1) is 11.8 Å². The van der Waals surface area contributed by atoms with E-state index in [1.807, 2.05) is 0 Å². The monoisotopic (exact) mass is 447 g/mol. The molecule has 1 aliphatic rings. The highest BCUT2D eigenvalue weighted by Crippen LogP contribution is 2.40. The predicted octanol–water partition coefficient (Wildman–Crippen LogP) is 5.70. The van der Waals surface area contributed by atoms with Crippen molar-refractivity contribution in [2.75, 3.05) is 13.4 Å². The summed E-state index contributed by atoms with van der Waals surface area (Å²) in [5.41, 5.74) is -1.33. The Labute approximate surface area is 179 Å². The molecule has 1 fully saturated rings. The smallest absolute Gasteiger partial charge is 0.416 e. The number of carbonyl (C=O) groups is 2. The first-order chi connectivity index (χ1) is 13.9. The number of methoxy groups -OCH3 is 1. The van der Waals surface area contributed by atoms with Crippen LogP contribution >= 0.6 is 11.8 Å². The number of thioether (sulfide) groups is 1. The summed E-state index contributed by atoms with van der Waals surface area (Å²) < 4.78 is 49.9. The Morgan fingerprint density at radius 2 is 1.87 bits per heavy atom. The van der Waals surface area contributed by atoms with Crippen molar-refractivity contribution in [2.45, 2.75) is 69.2 Å². The molecule has 1 N–H and O–H groups in total. The quantitative estimate of drug-likeness (QED) is 0.448. The third-order valence-corrected chi connectivity index (χ3v) is 5.68. The van der Waals surface area contributed by atoms with Gasteiger partial charge in [0.2, 0.25) is 0 Å². The molecule has 0 heterocycles. The topological polar surface area (TPSA) is 64.6 Å². The third-order valence-electron chi connectivity index (χ3n) is 4.92. The molecule has 0 unspecified atom stereocenters. The van der Waals surface area contributed by atoms with Crippen molar-refractivity contribution in [3.8, 4) is 5.75 Å². The predicted molar refractivity (Wildman–Crippen MR) is 109 cm³/mol. The minimum absolute atomic E-state index is 0.0891. The second kappa shape index (κ2) is 9.49. The zero-order chi connectivity index (χ0) is 22.7. The lowest BCUT2D eigenvalue weighted by Gasteiger charge is -2.25. The van der Waals surface area contributed by atoms with Gasteiger partial charge in [0.1, 0.15) is 11.4 Å². The van der Waals surface area contributed by atoms with E-state index >= 15 is 0 Å². The number of nitrogens with one attached hydrogen (secondary N) is 1. The van der Waals surface area contributed by atoms with E-state index in [4.69, 9.17) is 9.47 Å². The molecule has 2 atom stereocenters. The van der Waals surface area contributed by atoms with Gasteiger partial charge in [-0.1, -0.05) is 6.42 Å². The molecule has 30 heavy (non-hydrogen) atoms. The molecular formula is C21H28F3NO4S. The number of ketones is 1. The van der Waals surface area contributed by atoms with Crippen LogP contribution < -0.4 is 10.1 Å². The number of hydrogen-bond acceptors (Lipinski definition) is 5. The Kier molecular flexibility index (Phi) is 7.71. The minimum atomic E-state index is -4.53. The lowest BCUT2D eigenvalue weighted by molar-refractivity contribution is -0.137. The lowest BCUT2D eigenvalue weighted by atomic mass is 9.93. The van der Waals surface area contributed by atoms with E-state index in [-0.39, 0.29) is 40.4 Å². The fourth-order valence-electron chi connectivity index (χ4n) is 3.62. The molecular weight excluding hydrogens is 419 g/mol. The fourth-order valence-corrected chi connectivity index (χ4v) is 4.28. The molecule has 1 aromatic carbocycles. The standard InChI is InChI=1S/C21H28F3NO4S/c1-20(2,3)29-19(27)25-14-8-6-7-12(14)9-15(26)18-16(28-4)10-13(21(22,23)24)11-17(18)30-5/h10-12,14H,6-9H2,1-5H3,(H,25,27)/t12-,14-/m0/s1. The molecule has 2 rings (SSSR count). The van der Waals surface area contributed by atoms with Crippen molar-refractivity contribution in [1.82, 2.24) is 5.32 Å². The highest BCUT2D eigenvalue weighted by atomic mass is 32.2. The summed E-state index contributed by atoms with van der Waals surface area (Å²) in [5.74, 6) is -0.506. The average molecular weight is 448 g/mol. The third kappa shape index (κ3) is 6.30. The molecule has 9 heteroatoms. The SMILES string of the molecule is COc1cc(C(F)(F)F)cc(SC)c1C(=O)C[C@@H]1CCC[C@@H]1NC(=O)OC(C)(C)C. The molecule has 1 aromatic rings. The van der Waals surface area contributed by atoms with E-state index < -0.39 is 23.4 Å². The summed E-state index contributed by atoms with van der Waals surface area (Å²) in [4.78, 5) is 25.4. The number of rotatable bonds is 6. The first kappa shape index (κ1) is 24.4. The van der Waals surface area contributed by atoms with Crippen LogP contribution in [0.15, 0.2) is 17.0 Å². The van der Waals surface area contributed by atoms with Gasteiger partial charge in [0.15, 0.2) is 5.78 Å². The van der Waals surface area contributed by atoms with Gasteiger partial charge in [0.25, 0.3) is 0 Å². The Balaban J connectivity index is 2.21. The zero-order valence-electron chi connectivity index (χ0n) is 17.8. The number of benzene rings is 1. The first-order valence-electron chi connectivity index (χ1n) is 9.71. The summed E-state index contributed by atoms with van der Waals surface area (Å²) in [6.45, 7) is 5.30. The number of hydrogen-bond donors (Lipinski definition) is 1. The molecule has 168 valence electrons. The molecule has 1 amide bonds. The molecule has 0 bridgehead atoms. The van der Waals surface area contributed by atoms with Crippen LogP contribution in [-0.4, -0.2) is 36.9 Å². The van der Waals surface area contributed by atoms with E-state index in [0.717, 1.165) is 43.2 Å². The van der Waals surface area contributed by atoms with Gasteiger partial charge in [0, 0.05) is 17.4 Å². The molecule has 0 spiro atoms. The summed E-state index contributed by atoms with van der Waals surface area (Å²) in [7, 11) is 1.25. The Morgan fingerprint density at radius 1 is 1.20 bits per heavy atom. The summed E-state index contributed by atoms with van der Waals surface area (Å²) >= 11 is 1.07. The maximum Gasteiger partial charge on any atom is 0.416 e. The maximum atomic E-state index is 13.2. The molecule has 0 aliphatic heterocycles. The van der Waals surface area contributed by atoms with Crippen LogP contribution in [0.2, 0.25) is 0 Å². The van der Waals surface area contributed by atoms with E-state index in [1.54, 1.807) is 27.0 Å². The molecule has 1 aliphatic carbocycles. The van der Waals surface area contributed by atoms with Crippen LogP contribution in [0, 0.1) is 5.92 Å². The van der Waals surface area contributed by atoms with Gasteiger partial charge in [-0.2, -0.15) is 13.2 Å². The second-order valence-corrected chi connectivity index (χ2v) is 9.17. The maximum absolute atomic E-state index is 13.2. The van der Waals surface area contributed by atoms with Gasteiger partial charge >= 0.3 is 12.3 Å². The zero-order valence-corrected chi connectivity index (χ0v) is 18.6. The number of ether oxygens (including phenoxy) is 2. The number of carbonyl (C=O) groups excluding carboxylic acids is 2. The van der Waals surface area contributed by atoms with Crippen molar-refractivity contribution in [3.05, 3.63) is 23.3 Å². The summed E-state index contributed by atoms with van der Waals surface area (Å²) in [5, 5.41) is 2.83. The summed E-state index contributed by atoms with van der Waals surface area (Å²) in [6, 6.07) is 1.62. The summed E-state index contributed by atoms with van der Waals surface area (Å²) in [6.07, 6.45) is -1.04. The van der Waals surface area contributed by atoms with E-state index in [0.29, 0.717) is 0 Å². The Bertz CT molecular complexity index is 764. The van der Waals surface area contributed by atoms with Crippen LogP contribution in [0.5, 0.6) is 5.75 Å². The van der Waals surface area contributed by atoms with Gasteiger partial charge in [-0.05, 0) is 57.9 Å².